The van der Waals surface area contributed by atoms with Gasteiger partial charge in [-0.1, -0.05) is 0 Å². The summed E-state index contributed by atoms with van der Waals surface area (Å²) < 4.78 is 21.2. The van der Waals surface area contributed by atoms with E-state index < -0.39 is 5.97 Å². The average molecular weight is 312 g/mol. The molecule has 0 N–H and O–H groups in total. The summed E-state index contributed by atoms with van der Waals surface area (Å²) in [6.45, 7) is 1.85. The van der Waals surface area contributed by atoms with E-state index in [0.29, 0.717) is 28.6 Å². The minimum absolute atomic E-state index is 0.413. The zero-order valence-electron chi connectivity index (χ0n) is 13.1. The van der Waals surface area contributed by atoms with Gasteiger partial charge in [0.1, 0.15) is 17.3 Å². The summed E-state index contributed by atoms with van der Waals surface area (Å²) in [7, 11) is 3.12. The molecule has 0 saturated carbocycles. The van der Waals surface area contributed by atoms with Gasteiger partial charge in [-0.05, 0) is 49.4 Å². The number of benzene rings is 1. The smallest absolute Gasteiger partial charge is 0.343 e. The summed E-state index contributed by atoms with van der Waals surface area (Å²) in [4.78, 5) is 12.0. The first-order valence-electron chi connectivity index (χ1n) is 7.05. The lowest BCUT2D eigenvalue weighted by atomic mass is 10.1. The molecule has 23 heavy (non-hydrogen) atoms. The van der Waals surface area contributed by atoms with Gasteiger partial charge in [0.15, 0.2) is 11.5 Å². The van der Waals surface area contributed by atoms with Crippen LogP contribution in [-0.2, 0) is 9.53 Å². The Kier molecular flexibility index (Phi) is 3.93. The second kappa shape index (κ2) is 6.04. The Labute approximate surface area is 133 Å². The zero-order valence-corrected chi connectivity index (χ0v) is 13.1. The van der Waals surface area contributed by atoms with Crippen LogP contribution in [0.1, 0.15) is 17.1 Å². The second-order valence-corrected chi connectivity index (χ2v) is 5.02. The predicted molar refractivity (Wildman–Crippen MR) is 85.0 cm³/mol. The number of furan rings is 1. The fraction of sp³-hybridized carbons (Fsp3) is 0.167. The fourth-order valence-electron chi connectivity index (χ4n) is 2.31. The van der Waals surface area contributed by atoms with Gasteiger partial charge in [-0.2, -0.15) is 0 Å². The minimum atomic E-state index is -0.413. The Bertz CT molecular complexity index is 811. The normalized spacial score (nSPS) is 15.5. The van der Waals surface area contributed by atoms with Crippen molar-refractivity contribution in [3.8, 4) is 11.5 Å². The van der Waals surface area contributed by atoms with Gasteiger partial charge in [-0.3, -0.25) is 0 Å². The summed E-state index contributed by atoms with van der Waals surface area (Å²) in [5.74, 6) is 2.63. The molecule has 0 spiro atoms. The quantitative estimate of drug-likeness (QED) is 0.638. The predicted octanol–water partition coefficient (Wildman–Crippen LogP) is 3.59. The molecule has 0 aliphatic carbocycles. The van der Waals surface area contributed by atoms with E-state index in [1.807, 2.05) is 13.0 Å². The SMILES string of the molecule is COc1ccc(C2=C/C(=C\c3ccc(C)o3)C(=O)O2)cc1OC. The molecule has 0 unspecified atom stereocenters. The number of methoxy groups -OCH3 is 2. The Balaban J connectivity index is 1.93. The molecule has 5 heteroatoms. The van der Waals surface area contributed by atoms with Gasteiger partial charge in [0.2, 0.25) is 0 Å². The van der Waals surface area contributed by atoms with Crippen LogP contribution >= 0.6 is 0 Å². The van der Waals surface area contributed by atoms with Crippen molar-refractivity contribution in [2.45, 2.75) is 6.92 Å². The summed E-state index contributed by atoms with van der Waals surface area (Å²) >= 11 is 0. The zero-order chi connectivity index (χ0) is 16.4. The highest BCUT2D eigenvalue weighted by atomic mass is 16.5. The number of carbonyl (C=O) groups is 1. The molecule has 3 rings (SSSR count). The summed E-state index contributed by atoms with van der Waals surface area (Å²) in [6, 6.07) is 8.97. The van der Waals surface area contributed by atoms with Gasteiger partial charge in [0, 0.05) is 5.56 Å². The number of cyclic esters (lactones) is 1. The average Bonchev–Trinajstić information content (AvgIpc) is 3.13. The van der Waals surface area contributed by atoms with Crippen LogP contribution in [0.25, 0.3) is 11.8 Å². The van der Waals surface area contributed by atoms with Gasteiger partial charge in [0.05, 0.1) is 19.8 Å². The Hall–Kier alpha value is -2.95. The topological polar surface area (TPSA) is 57.9 Å². The molecule has 1 aliphatic rings. The van der Waals surface area contributed by atoms with Crippen LogP contribution in [0.4, 0.5) is 0 Å². The first-order chi connectivity index (χ1) is 11.1. The molecule has 1 aliphatic heterocycles. The molecule has 2 heterocycles. The number of ether oxygens (including phenoxy) is 3. The second-order valence-electron chi connectivity index (χ2n) is 5.02. The number of esters is 1. The van der Waals surface area contributed by atoms with E-state index in [0.717, 1.165) is 11.3 Å². The third-order valence-corrected chi connectivity index (χ3v) is 3.45. The molecule has 0 fully saturated rings. The largest absolute Gasteiger partial charge is 0.493 e. The molecule has 5 nitrogen and oxygen atoms in total. The first kappa shape index (κ1) is 15.0. The van der Waals surface area contributed by atoms with Gasteiger partial charge < -0.3 is 18.6 Å². The highest BCUT2D eigenvalue weighted by Gasteiger charge is 2.23. The molecular weight excluding hydrogens is 296 g/mol. The van der Waals surface area contributed by atoms with Crippen molar-refractivity contribution >= 4 is 17.8 Å². The van der Waals surface area contributed by atoms with Gasteiger partial charge in [-0.15, -0.1) is 0 Å². The molecular formula is C18H16O5. The third kappa shape index (κ3) is 2.99. The lowest BCUT2D eigenvalue weighted by Crippen LogP contribution is -1.97. The van der Waals surface area contributed by atoms with E-state index in [1.165, 1.54) is 0 Å². The highest BCUT2D eigenvalue weighted by Crippen LogP contribution is 2.34. The molecule has 0 atom stereocenters. The van der Waals surface area contributed by atoms with Crippen LogP contribution in [0.5, 0.6) is 11.5 Å². The van der Waals surface area contributed by atoms with Gasteiger partial charge in [0.25, 0.3) is 0 Å². The maximum absolute atomic E-state index is 12.0. The van der Waals surface area contributed by atoms with E-state index >= 15 is 0 Å². The first-order valence-corrected chi connectivity index (χ1v) is 7.05. The van der Waals surface area contributed by atoms with Crippen molar-refractivity contribution in [2.75, 3.05) is 14.2 Å². The monoisotopic (exact) mass is 312 g/mol. The summed E-state index contributed by atoms with van der Waals surface area (Å²) in [5, 5.41) is 0. The van der Waals surface area contributed by atoms with Crippen LogP contribution in [-0.4, -0.2) is 20.2 Å². The minimum Gasteiger partial charge on any atom is -0.493 e. The maximum Gasteiger partial charge on any atom is 0.343 e. The van der Waals surface area contributed by atoms with Crippen LogP contribution in [0.2, 0.25) is 0 Å². The van der Waals surface area contributed by atoms with E-state index in [9.17, 15) is 4.79 Å². The van der Waals surface area contributed by atoms with E-state index in [2.05, 4.69) is 0 Å². The van der Waals surface area contributed by atoms with Crippen molar-refractivity contribution in [1.29, 1.82) is 0 Å². The number of carbonyl (C=O) groups excluding carboxylic acids is 1. The van der Waals surface area contributed by atoms with Crippen molar-refractivity contribution in [2.24, 2.45) is 0 Å². The highest BCUT2D eigenvalue weighted by molar-refractivity contribution is 6.04. The van der Waals surface area contributed by atoms with Gasteiger partial charge in [-0.25, -0.2) is 4.79 Å². The number of hydrogen-bond donors (Lipinski definition) is 0. The lowest BCUT2D eigenvalue weighted by Gasteiger charge is -2.09. The summed E-state index contributed by atoms with van der Waals surface area (Å²) in [6.07, 6.45) is 3.34. The van der Waals surface area contributed by atoms with Crippen LogP contribution in [0.3, 0.4) is 0 Å². The van der Waals surface area contributed by atoms with Crippen molar-refractivity contribution in [3.63, 3.8) is 0 Å². The van der Waals surface area contributed by atoms with Crippen LogP contribution < -0.4 is 9.47 Å². The van der Waals surface area contributed by atoms with Crippen LogP contribution in [0.15, 0.2) is 46.4 Å². The molecule has 2 aromatic rings. The Morgan fingerprint density at radius 1 is 1.04 bits per heavy atom. The van der Waals surface area contributed by atoms with Crippen molar-refractivity contribution < 1.29 is 23.4 Å². The molecule has 1 aromatic heterocycles. The van der Waals surface area contributed by atoms with E-state index in [-0.39, 0.29) is 0 Å². The molecule has 118 valence electrons. The van der Waals surface area contributed by atoms with E-state index in [4.69, 9.17) is 18.6 Å². The fourth-order valence-corrected chi connectivity index (χ4v) is 2.31. The van der Waals surface area contributed by atoms with Crippen molar-refractivity contribution in [1.82, 2.24) is 0 Å². The molecule has 1 aromatic carbocycles. The Morgan fingerprint density at radius 2 is 1.83 bits per heavy atom. The van der Waals surface area contributed by atoms with E-state index in [1.54, 1.807) is 50.6 Å². The summed E-state index contributed by atoms with van der Waals surface area (Å²) in [5.41, 5.74) is 1.17. The van der Waals surface area contributed by atoms with Gasteiger partial charge >= 0.3 is 5.97 Å². The standard InChI is InChI=1S/C18H16O5/c1-11-4-6-14(22-11)8-13-10-16(23-18(13)19)12-5-7-15(20-2)17(9-12)21-3/h4-10H,1-3H3/b13-8+. The van der Waals surface area contributed by atoms with Crippen LogP contribution in [0, 0.1) is 6.92 Å². The number of hydrogen-bond acceptors (Lipinski definition) is 5. The third-order valence-electron chi connectivity index (χ3n) is 3.45. The maximum atomic E-state index is 12.0. The molecule has 0 saturated heterocycles. The van der Waals surface area contributed by atoms with Crippen molar-refractivity contribution in [3.05, 3.63) is 59.1 Å². The Morgan fingerprint density at radius 3 is 2.48 bits per heavy atom. The molecule has 0 amide bonds. The number of aryl methyl sites for hydroxylation is 1. The molecule has 0 bridgehead atoms. The lowest BCUT2D eigenvalue weighted by molar-refractivity contribution is -0.130. The number of rotatable bonds is 4. The molecule has 0 radical (unpaired) electrons.